The third-order valence-electron chi connectivity index (χ3n) is 4.07. The fraction of sp³-hybridized carbons (Fsp3) is 0.286. The van der Waals surface area contributed by atoms with E-state index in [0.717, 1.165) is 5.69 Å². The summed E-state index contributed by atoms with van der Waals surface area (Å²) < 4.78 is 1.66. The standard InChI is InChI=1S/C21H24N4O2/c1-5-24(15-11-7-6-8-12-15)20(27)17-16-13-9-10-14-25(16)18(22-17)19(26)23-21(2,3)4/h6-14H,5H2,1-4H3,(H,23,26). The predicted octanol–water partition coefficient (Wildman–Crippen LogP) is 3.53. The molecule has 140 valence electrons. The Hall–Kier alpha value is -3.15. The van der Waals surface area contributed by atoms with Gasteiger partial charge in [-0.2, -0.15) is 0 Å². The topological polar surface area (TPSA) is 66.7 Å². The summed E-state index contributed by atoms with van der Waals surface area (Å²) in [5, 5.41) is 2.91. The van der Waals surface area contributed by atoms with Crippen LogP contribution in [0.3, 0.4) is 0 Å². The van der Waals surface area contributed by atoms with Crippen molar-refractivity contribution in [2.75, 3.05) is 11.4 Å². The van der Waals surface area contributed by atoms with Gasteiger partial charge in [-0.25, -0.2) is 4.98 Å². The molecule has 1 aromatic carbocycles. The zero-order valence-corrected chi connectivity index (χ0v) is 16.1. The quantitative estimate of drug-likeness (QED) is 0.770. The number of pyridine rings is 1. The van der Waals surface area contributed by atoms with Gasteiger partial charge in [-0.15, -0.1) is 0 Å². The molecule has 2 aromatic heterocycles. The van der Waals surface area contributed by atoms with Crippen molar-refractivity contribution < 1.29 is 9.59 Å². The van der Waals surface area contributed by atoms with Gasteiger partial charge in [0.2, 0.25) is 5.82 Å². The Morgan fingerprint density at radius 3 is 2.37 bits per heavy atom. The fourth-order valence-corrected chi connectivity index (χ4v) is 2.93. The zero-order chi connectivity index (χ0) is 19.6. The van der Waals surface area contributed by atoms with Crippen LogP contribution >= 0.6 is 0 Å². The van der Waals surface area contributed by atoms with Gasteiger partial charge in [0.05, 0.1) is 5.52 Å². The molecule has 0 unspecified atom stereocenters. The molecule has 0 radical (unpaired) electrons. The molecule has 1 N–H and O–H groups in total. The summed E-state index contributed by atoms with van der Waals surface area (Å²) in [7, 11) is 0. The number of para-hydroxylation sites is 1. The van der Waals surface area contributed by atoms with Gasteiger partial charge >= 0.3 is 0 Å². The molecule has 6 heteroatoms. The first-order valence-corrected chi connectivity index (χ1v) is 8.98. The predicted molar refractivity (Wildman–Crippen MR) is 106 cm³/mol. The number of amides is 2. The van der Waals surface area contributed by atoms with Gasteiger partial charge < -0.3 is 10.2 Å². The number of rotatable bonds is 4. The molecule has 2 amide bonds. The number of nitrogens with one attached hydrogen (secondary N) is 1. The summed E-state index contributed by atoms with van der Waals surface area (Å²) in [5.41, 5.74) is 1.26. The molecular formula is C21H24N4O2. The van der Waals surface area contributed by atoms with Crippen molar-refractivity contribution in [3.63, 3.8) is 0 Å². The fourth-order valence-electron chi connectivity index (χ4n) is 2.93. The minimum absolute atomic E-state index is 0.202. The van der Waals surface area contributed by atoms with Crippen molar-refractivity contribution in [1.82, 2.24) is 14.7 Å². The number of nitrogens with zero attached hydrogens (tertiary/aromatic N) is 3. The van der Waals surface area contributed by atoms with E-state index >= 15 is 0 Å². The second-order valence-electron chi connectivity index (χ2n) is 7.33. The number of hydrogen-bond acceptors (Lipinski definition) is 3. The lowest BCUT2D eigenvalue weighted by Crippen LogP contribution is -2.41. The lowest BCUT2D eigenvalue weighted by molar-refractivity contribution is 0.0908. The second-order valence-corrected chi connectivity index (χ2v) is 7.33. The molecule has 6 nitrogen and oxygen atoms in total. The van der Waals surface area contributed by atoms with Crippen molar-refractivity contribution in [3.05, 3.63) is 66.2 Å². The van der Waals surface area contributed by atoms with E-state index in [9.17, 15) is 9.59 Å². The Kier molecular flexibility index (Phi) is 4.99. The number of carbonyl (C=O) groups excluding carboxylic acids is 2. The first kappa shape index (κ1) is 18.6. The average Bonchev–Trinajstić information content (AvgIpc) is 3.01. The minimum Gasteiger partial charge on any atom is -0.345 e. The van der Waals surface area contributed by atoms with Crippen molar-refractivity contribution in [1.29, 1.82) is 0 Å². The van der Waals surface area contributed by atoms with Gasteiger partial charge in [0, 0.05) is 24.0 Å². The smallest absolute Gasteiger partial charge is 0.288 e. The lowest BCUT2D eigenvalue weighted by atomic mass is 10.1. The van der Waals surface area contributed by atoms with E-state index in [2.05, 4.69) is 10.3 Å². The highest BCUT2D eigenvalue weighted by molar-refractivity contribution is 6.10. The van der Waals surface area contributed by atoms with Gasteiger partial charge in [-0.05, 0) is 52.0 Å². The third-order valence-corrected chi connectivity index (χ3v) is 4.07. The average molecular weight is 364 g/mol. The lowest BCUT2D eigenvalue weighted by Gasteiger charge is -2.20. The maximum absolute atomic E-state index is 13.2. The number of aromatic nitrogens is 2. The van der Waals surface area contributed by atoms with E-state index in [1.165, 1.54) is 0 Å². The highest BCUT2D eigenvalue weighted by Crippen LogP contribution is 2.20. The normalized spacial score (nSPS) is 11.4. The maximum atomic E-state index is 13.2. The molecule has 27 heavy (non-hydrogen) atoms. The van der Waals surface area contributed by atoms with Crippen LogP contribution in [-0.2, 0) is 0 Å². The van der Waals surface area contributed by atoms with E-state index in [4.69, 9.17) is 0 Å². The summed E-state index contributed by atoms with van der Waals surface area (Å²) in [6.45, 7) is 8.12. The number of carbonyl (C=O) groups is 2. The summed E-state index contributed by atoms with van der Waals surface area (Å²) in [6.07, 6.45) is 1.75. The highest BCUT2D eigenvalue weighted by Gasteiger charge is 2.26. The number of anilines is 1. The Morgan fingerprint density at radius 1 is 1.07 bits per heavy atom. The van der Waals surface area contributed by atoms with Gasteiger partial charge in [0.15, 0.2) is 5.69 Å². The monoisotopic (exact) mass is 364 g/mol. The number of imidazole rings is 1. The van der Waals surface area contributed by atoms with Gasteiger partial charge in [-0.1, -0.05) is 24.3 Å². The van der Waals surface area contributed by atoms with E-state index in [1.54, 1.807) is 21.6 Å². The molecule has 2 heterocycles. The Balaban J connectivity index is 2.07. The van der Waals surface area contributed by atoms with Crippen LogP contribution < -0.4 is 10.2 Å². The highest BCUT2D eigenvalue weighted by atomic mass is 16.2. The van der Waals surface area contributed by atoms with Crippen LogP contribution in [0.4, 0.5) is 5.69 Å². The summed E-state index contributed by atoms with van der Waals surface area (Å²) >= 11 is 0. The molecule has 0 saturated carbocycles. The Bertz CT molecular complexity index is 971. The molecule has 3 rings (SSSR count). The molecule has 0 saturated heterocycles. The van der Waals surface area contributed by atoms with Crippen molar-refractivity contribution in [2.24, 2.45) is 0 Å². The van der Waals surface area contributed by atoms with Crippen molar-refractivity contribution >= 4 is 23.0 Å². The van der Waals surface area contributed by atoms with E-state index < -0.39 is 5.54 Å². The van der Waals surface area contributed by atoms with Crippen LogP contribution in [0.25, 0.3) is 5.52 Å². The minimum atomic E-state index is -0.401. The van der Waals surface area contributed by atoms with Crippen molar-refractivity contribution in [3.8, 4) is 0 Å². The third kappa shape index (κ3) is 3.84. The molecular weight excluding hydrogens is 340 g/mol. The first-order valence-electron chi connectivity index (χ1n) is 8.98. The van der Waals surface area contributed by atoms with E-state index in [-0.39, 0.29) is 23.3 Å². The molecule has 3 aromatic rings. The molecule has 0 bridgehead atoms. The summed E-state index contributed by atoms with van der Waals surface area (Å²) in [5.74, 6) is -0.347. The zero-order valence-electron chi connectivity index (χ0n) is 16.1. The maximum Gasteiger partial charge on any atom is 0.288 e. The SMILES string of the molecule is CCN(C(=O)c1nc(C(=O)NC(C)(C)C)n2ccccc12)c1ccccc1. The molecule has 0 aliphatic rings. The van der Waals surface area contributed by atoms with E-state index in [0.29, 0.717) is 12.1 Å². The Morgan fingerprint density at radius 2 is 1.74 bits per heavy atom. The van der Waals surface area contributed by atoms with Crippen LogP contribution in [0.1, 0.15) is 48.8 Å². The molecule has 0 aliphatic carbocycles. The van der Waals surface area contributed by atoms with Crippen LogP contribution in [0.15, 0.2) is 54.7 Å². The van der Waals surface area contributed by atoms with Crippen LogP contribution in [0.2, 0.25) is 0 Å². The number of fused-ring (bicyclic) bond motifs is 1. The van der Waals surface area contributed by atoms with E-state index in [1.807, 2.05) is 70.2 Å². The molecule has 0 fully saturated rings. The largest absolute Gasteiger partial charge is 0.345 e. The van der Waals surface area contributed by atoms with Gasteiger partial charge in [0.1, 0.15) is 0 Å². The first-order chi connectivity index (χ1) is 12.8. The number of hydrogen-bond donors (Lipinski definition) is 1. The van der Waals surface area contributed by atoms with Gasteiger partial charge in [0.25, 0.3) is 11.8 Å². The second kappa shape index (κ2) is 7.23. The summed E-state index contributed by atoms with van der Waals surface area (Å²) in [4.78, 5) is 32.0. The number of benzene rings is 1. The summed E-state index contributed by atoms with van der Waals surface area (Å²) in [6, 6.07) is 14.9. The van der Waals surface area contributed by atoms with Crippen molar-refractivity contribution in [2.45, 2.75) is 33.2 Å². The Labute approximate surface area is 158 Å². The van der Waals surface area contributed by atoms with Crippen LogP contribution in [-0.4, -0.2) is 33.3 Å². The molecule has 0 spiro atoms. The van der Waals surface area contributed by atoms with Crippen LogP contribution in [0, 0.1) is 0 Å². The van der Waals surface area contributed by atoms with Crippen LogP contribution in [0.5, 0.6) is 0 Å². The molecule has 0 aliphatic heterocycles. The molecule has 0 atom stereocenters. The van der Waals surface area contributed by atoms with Gasteiger partial charge in [-0.3, -0.25) is 14.0 Å².